The summed E-state index contributed by atoms with van der Waals surface area (Å²) in [6.45, 7) is -0.211. The van der Waals surface area contributed by atoms with E-state index in [4.69, 9.17) is 4.74 Å². The summed E-state index contributed by atoms with van der Waals surface area (Å²) in [4.78, 5) is 11.5. The molecule has 0 spiro atoms. The molecule has 1 saturated heterocycles. The van der Waals surface area contributed by atoms with Crippen molar-refractivity contribution in [3.05, 3.63) is 35.9 Å². The molecule has 1 atom stereocenters. The Labute approximate surface area is 93.7 Å². The summed E-state index contributed by atoms with van der Waals surface area (Å²) in [5.74, 6) is -0.531. The minimum atomic E-state index is -3.45. The van der Waals surface area contributed by atoms with Gasteiger partial charge in [-0.1, -0.05) is 30.3 Å². The third-order valence-corrected chi connectivity index (χ3v) is 3.55. The Balaban J connectivity index is 2.42. The number of esters is 1. The van der Waals surface area contributed by atoms with E-state index in [2.05, 4.69) is 0 Å². The first-order valence-electron chi connectivity index (χ1n) is 4.68. The number of ether oxygens (including phenoxy) is 1. The van der Waals surface area contributed by atoms with Gasteiger partial charge in [0.05, 0.1) is 6.26 Å². The highest BCUT2D eigenvalue weighted by molar-refractivity contribution is 7.88. The van der Waals surface area contributed by atoms with Gasteiger partial charge in [-0.15, -0.1) is 4.31 Å². The van der Waals surface area contributed by atoms with Crippen molar-refractivity contribution in [1.29, 1.82) is 0 Å². The van der Waals surface area contributed by atoms with Crippen molar-refractivity contribution in [2.75, 3.05) is 13.0 Å². The number of carbonyl (C=O) groups excluding carboxylic acids is 1. The van der Waals surface area contributed by atoms with Gasteiger partial charge in [-0.3, -0.25) is 0 Å². The molecule has 5 nitrogen and oxygen atoms in total. The summed E-state index contributed by atoms with van der Waals surface area (Å²) < 4.78 is 28.7. The number of cyclic esters (lactones) is 1. The van der Waals surface area contributed by atoms with Crippen molar-refractivity contribution in [1.82, 2.24) is 4.31 Å². The molecule has 1 aromatic rings. The molecular formula is C10H11NO4S. The molecule has 1 aliphatic heterocycles. The molecule has 0 radical (unpaired) electrons. The van der Waals surface area contributed by atoms with Crippen LogP contribution in [0.3, 0.4) is 0 Å². The lowest BCUT2D eigenvalue weighted by atomic mass is 10.1. The Morgan fingerprint density at radius 3 is 2.50 bits per heavy atom. The largest absolute Gasteiger partial charge is 0.447 e. The summed E-state index contributed by atoms with van der Waals surface area (Å²) >= 11 is 0. The van der Waals surface area contributed by atoms with E-state index in [0.717, 1.165) is 10.6 Å². The summed E-state index contributed by atoms with van der Waals surface area (Å²) in [5.41, 5.74) is 0.621. The molecule has 2 rings (SSSR count). The van der Waals surface area contributed by atoms with Crippen LogP contribution in [0.25, 0.3) is 0 Å². The molecule has 1 heterocycles. The predicted molar refractivity (Wildman–Crippen MR) is 56.8 cm³/mol. The molecule has 0 saturated carbocycles. The molecule has 0 aromatic heterocycles. The molecule has 1 fully saturated rings. The fraction of sp³-hybridized carbons (Fsp3) is 0.300. The summed E-state index contributed by atoms with van der Waals surface area (Å²) in [7, 11) is -3.45. The zero-order chi connectivity index (χ0) is 11.8. The number of hydrogen-bond donors (Lipinski definition) is 0. The Bertz CT molecular complexity index is 497. The lowest BCUT2D eigenvalue weighted by molar-refractivity contribution is -0.139. The Kier molecular flexibility index (Phi) is 2.69. The quantitative estimate of drug-likeness (QED) is 0.707. The summed E-state index contributed by atoms with van der Waals surface area (Å²) in [6.07, 6.45) is 1.06. The Morgan fingerprint density at radius 1 is 1.31 bits per heavy atom. The predicted octanol–water partition coefficient (Wildman–Crippen LogP) is 0.504. The van der Waals surface area contributed by atoms with Gasteiger partial charge in [0.15, 0.2) is 12.8 Å². The van der Waals surface area contributed by atoms with Gasteiger partial charge in [0.2, 0.25) is 10.0 Å². The second kappa shape index (κ2) is 3.88. The highest BCUT2D eigenvalue weighted by Gasteiger charge is 2.41. The van der Waals surface area contributed by atoms with Crippen LogP contribution in [0.1, 0.15) is 11.6 Å². The van der Waals surface area contributed by atoms with E-state index in [1.54, 1.807) is 30.3 Å². The minimum Gasteiger partial charge on any atom is -0.447 e. The molecule has 0 unspecified atom stereocenters. The lowest BCUT2D eigenvalue weighted by Gasteiger charge is -2.17. The normalized spacial score (nSPS) is 22.1. The van der Waals surface area contributed by atoms with Crippen LogP contribution in [0.2, 0.25) is 0 Å². The molecule has 0 bridgehead atoms. The highest BCUT2D eigenvalue weighted by Crippen LogP contribution is 2.29. The SMILES string of the molecule is CS(=O)(=O)N1COC(=O)[C@@H]1c1ccccc1. The number of benzene rings is 1. The van der Waals surface area contributed by atoms with Gasteiger partial charge < -0.3 is 4.74 Å². The van der Waals surface area contributed by atoms with Gasteiger partial charge in [0.1, 0.15) is 0 Å². The van der Waals surface area contributed by atoms with E-state index >= 15 is 0 Å². The fourth-order valence-electron chi connectivity index (χ4n) is 1.62. The second-order valence-corrected chi connectivity index (χ2v) is 5.49. The van der Waals surface area contributed by atoms with Crippen LogP contribution in [0, 0.1) is 0 Å². The van der Waals surface area contributed by atoms with E-state index in [9.17, 15) is 13.2 Å². The van der Waals surface area contributed by atoms with Crippen molar-refractivity contribution < 1.29 is 17.9 Å². The van der Waals surface area contributed by atoms with Crippen molar-refractivity contribution in [3.63, 3.8) is 0 Å². The molecule has 1 aromatic carbocycles. The molecule has 0 aliphatic carbocycles. The van der Waals surface area contributed by atoms with Gasteiger partial charge in [0, 0.05) is 0 Å². The molecule has 86 valence electrons. The number of sulfonamides is 1. The van der Waals surface area contributed by atoms with Crippen LogP contribution in [0.4, 0.5) is 0 Å². The van der Waals surface area contributed by atoms with Crippen molar-refractivity contribution in [3.8, 4) is 0 Å². The van der Waals surface area contributed by atoms with Gasteiger partial charge >= 0.3 is 5.97 Å². The number of carbonyl (C=O) groups is 1. The van der Waals surface area contributed by atoms with Gasteiger partial charge in [0.25, 0.3) is 0 Å². The van der Waals surface area contributed by atoms with E-state index in [1.807, 2.05) is 0 Å². The standard InChI is InChI=1S/C10H11NO4S/c1-16(13,14)11-7-15-10(12)9(11)8-5-3-2-4-6-8/h2-6,9H,7H2,1H3/t9-/m0/s1. The summed E-state index contributed by atoms with van der Waals surface area (Å²) in [5, 5.41) is 0. The van der Waals surface area contributed by atoms with Crippen LogP contribution in [-0.4, -0.2) is 31.7 Å². The van der Waals surface area contributed by atoms with Crippen LogP contribution in [0.15, 0.2) is 30.3 Å². The average molecular weight is 241 g/mol. The van der Waals surface area contributed by atoms with Gasteiger partial charge in [-0.2, -0.15) is 0 Å². The van der Waals surface area contributed by atoms with Crippen LogP contribution >= 0.6 is 0 Å². The minimum absolute atomic E-state index is 0.211. The molecule has 0 amide bonds. The highest BCUT2D eigenvalue weighted by atomic mass is 32.2. The third-order valence-electron chi connectivity index (χ3n) is 2.39. The van der Waals surface area contributed by atoms with Crippen molar-refractivity contribution >= 4 is 16.0 Å². The summed E-state index contributed by atoms with van der Waals surface area (Å²) in [6, 6.07) is 7.86. The third kappa shape index (κ3) is 1.94. The molecular weight excluding hydrogens is 230 g/mol. The van der Waals surface area contributed by atoms with Crippen molar-refractivity contribution in [2.24, 2.45) is 0 Å². The topological polar surface area (TPSA) is 63.7 Å². The number of hydrogen-bond acceptors (Lipinski definition) is 4. The van der Waals surface area contributed by atoms with Crippen molar-refractivity contribution in [2.45, 2.75) is 6.04 Å². The Morgan fingerprint density at radius 2 is 1.94 bits per heavy atom. The fourth-order valence-corrected chi connectivity index (χ4v) is 2.46. The molecule has 1 aliphatic rings. The number of rotatable bonds is 2. The van der Waals surface area contributed by atoms with Gasteiger partial charge in [-0.25, -0.2) is 13.2 Å². The zero-order valence-corrected chi connectivity index (χ0v) is 9.48. The van der Waals surface area contributed by atoms with E-state index in [1.165, 1.54) is 0 Å². The molecule has 0 N–H and O–H groups in total. The molecule has 6 heteroatoms. The monoisotopic (exact) mass is 241 g/mol. The second-order valence-electron chi connectivity index (χ2n) is 3.56. The van der Waals surface area contributed by atoms with Crippen LogP contribution in [-0.2, 0) is 19.6 Å². The smallest absolute Gasteiger partial charge is 0.330 e. The van der Waals surface area contributed by atoms with Gasteiger partial charge in [-0.05, 0) is 5.56 Å². The van der Waals surface area contributed by atoms with E-state index < -0.39 is 22.0 Å². The maximum absolute atomic E-state index is 11.5. The van der Waals surface area contributed by atoms with E-state index in [-0.39, 0.29) is 6.73 Å². The number of nitrogens with zero attached hydrogens (tertiary/aromatic N) is 1. The maximum atomic E-state index is 11.5. The first-order valence-corrected chi connectivity index (χ1v) is 6.53. The Hall–Kier alpha value is -1.40. The maximum Gasteiger partial charge on any atom is 0.330 e. The zero-order valence-electron chi connectivity index (χ0n) is 8.66. The van der Waals surface area contributed by atoms with Crippen LogP contribution in [0.5, 0.6) is 0 Å². The molecule has 16 heavy (non-hydrogen) atoms. The van der Waals surface area contributed by atoms with Crippen LogP contribution < -0.4 is 0 Å². The van der Waals surface area contributed by atoms with E-state index in [0.29, 0.717) is 5.56 Å². The first kappa shape index (κ1) is 11.1. The average Bonchev–Trinajstić information content (AvgIpc) is 2.61. The lowest BCUT2D eigenvalue weighted by Crippen LogP contribution is -2.31. The first-order chi connectivity index (χ1) is 7.50.